The third kappa shape index (κ3) is 8.02. The highest BCUT2D eigenvalue weighted by atomic mass is 19.4. The molecule has 5 nitrogen and oxygen atoms in total. The average molecular weight is 285 g/mol. The van der Waals surface area contributed by atoms with Crippen molar-refractivity contribution >= 4 is 5.84 Å². The minimum atomic E-state index is -4.50. The van der Waals surface area contributed by atoms with E-state index in [-0.39, 0.29) is 6.54 Å². The number of nitrogens with one attached hydrogen (secondary N) is 1. The second kappa shape index (κ2) is 9.11. The van der Waals surface area contributed by atoms with Crippen LogP contribution < -0.4 is 5.73 Å². The zero-order valence-electron chi connectivity index (χ0n) is 11.3. The van der Waals surface area contributed by atoms with Crippen LogP contribution in [0.1, 0.15) is 6.42 Å². The second-order valence-corrected chi connectivity index (χ2v) is 4.19. The first kappa shape index (κ1) is 18.1. The normalized spacial score (nSPS) is 13.8. The van der Waals surface area contributed by atoms with Crippen molar-refractivity contribution in [2.45, 2.75) is 12.6 Å². The van der Waals surface area contributed by atoms with Gasteiger partial charge in [-0.25, -0.2) is 0 Å². The van der Waals surface area contributed by atoms with Crippen LogP contribution in [-0.4, -0.2) is 64.0 Å². The third-order valence-corrected chi connectivity index (χ3v) is 2.65. The predicted octanol–water partition coefficient (Wildman–Crippen LogP) is 1.09. The molecule has 3 N–H and O–H groups in total. The number of rotatable bonds is 10. The van der Waals surface area contributed by atoms with E-state index in [1.54, 1.807) is 4.90 Å². The van der Waals surface area contributed by atoms with E-state index < -0.39 is 17.9 Å². The van der Waals surface area contributed by atoms with Crippen molar-refractivity contribution < 1.29 is 22.6 Å². The molecule has 1 atom stereocenters. The van der Waals surface area contributed by atoms with Crippen molar-refractivity contribution in [3.63, 3.8) is 0 Å². The summed E-state index contributed by atoms with van der Waals surface area (Å²) in [6, 6.07) is 0. The van der Waals surface area contributed by atoms with Gasteiger partial charge in [-0.3, -0.25) is 10.3 Å². The molecule has 0 rings (SSSR count). The fourth-order valence-corrected chi connectivity index (χ4v) is 1.58. The molecule has 0 aromatic rings. The summed E-state index contributed by atoms with van der Waals surface area (Å²) in [5, 5.41) is 7.07. The number of halogens is 3. The van der Waals surface area contributed by atoms with Gasteiger partial charge in [0.25, 0.3) is 0 Å². The SMILES string of the molecule is COCCCN(CCOC)CC(C(=N)N)C(F)(F)F. The first-order valence-electron chi connectivity index (χ1n) is 5.93. The van der Waals surface area contributed by atoms with Crippen molar-refractivity contribution in [1.82, 2.24) is 4.90 Å². The Morgan fingerprint density at radius 1 is 1.21 bits per heavy atom. The zero-order valence-corrected chi connectivity index (χ0v) is 11.3. The van der Waals surface area contributed by atoms with Crippen LogP contribution in [0.2, 0.25) is 0 Å². The lowest BCUT2D eigenvalue weighted by Crippen LogP contribution is -2.45. The van der Waals surface area contributed by atoms with E-state index in [0.717, 1.165) is 0 Å². The molecule has 0 saturated heterocycles. The maximum Gasteiger partial charge on any atom is 0.399 e. The molecule has 0 amide bonds. The average Bonchev–Trinajstić information content (AvgIpc) is 2.30. The Morgan fingerprint density at radius 3 is 2.21 bits per heavy atom. The molecular weight excluding hydrogens is 263 g/mol. The highest BCUT2D eigenvalue weighted by molar-refractivity contribution is 5.80. The fraction of sp³-hybridized carbons (Fsp3) is 0.909. The van der Waals surface area contributed by atoms with Gasteiger partial charge in [-0.2, -0.15) is 13.2 Å². The molecule has 0 aliphatic rings. The predicted molar refractivity (Wildman–Crippen MR) is 66.3 cm³/mol. The summed E-state index contributed by atoms with van der Waals surface area (Å²) in [5.41, 5.74) is 5.04. The van der Waals surface area contributed by atoms with Gasteiger partial charge in [0.1, 0.15) is 11.8 Å². The van der Waals surface area contributed by atoms with Crippen molar-refractivity contribution in [3.8, 4) is 0 Å². The molecule has 0 spiro atoms. The van der Waals surface area contributed by atoms with Crippen molar-refractivity contribution in [3.05, 3.63) is 0 Å². The largest absolute Gasteiger partial charge is 0.399 e. The van der Waals surface area contributed by atoms with Crippen molar-refractivity contribution in [2.75, 3.05) is 47.1 Å². The molecule has 114 valence electrons. The number of methoxy groups -OCH3 is 2. The van der Waals surface area contributed by atoms with Crippen LogP contribution in [0.4, 0.5) is 13.2 Å². The summed E-state index contributed by atoms with van der Waals surface area (Å²) >= 11 is 0. The van der Waals surface area contributed by atoms with Gasteiger partial charge in [0, 0.05) is 40.5 Å². The maximum absolute atomic E-state index is 12.7. The number of amidine groups is 1. The molecule has 0 saturated carbocycles. The Bertz CT molecular complexity index is 262. The minimum absolute atomic E-state index is 0.327. The molecule has 0 bridgehead atoms. The van der Waals surface area contributed by atoms with Gasteiger partial charge >= 0.3 is 6.18 Å². The first-order valence-corrected chi connectivity index (χ1v) is 5.93. The lowest BCUT2D eigenvalue weighted by molar-refractivity contribution is -0.160. The molecule has 0 aromatic carbocycles. The quantitative estimate of drug-likeness (QED) is 0.358. The monoisotopic (exact) mass is 285 g/mol. The summed E-state index contributed by atoms with van der Waals surface area (Å²) in [4.78, 5) is 1.59. The summed E-state index contributed by atoms with van der Waals surface area (Å²) in [5.74, 6) is -2.80. The van der Waals surface area contributed by atoms with E-state index in [1.807, 2.05) is 0 Å². The van der Waals surface area contributed by atoms with E-state index in [4.69, 9.17) is 20.6 Å². The van der Waals surface area contributed by atoms with E-state index in [2.05, 4.69) is 0 Å². The van der Waals surface area contributed by atoms with Gasteiger partial charge in [-0.15, -0.1) is 0 Å². The van der Waals surface area contributed by atoms with Crippen LogP contribution in [0.15, 0.2) is 0 Å². The molecule has 0 aromatic heterocycles. The molecule has 19 heavy (non-hydrogen) atoms. The molecular formula is C11H22F3N3O2. The van der Waals surface area contributed by atoms with Gasteiger partial charge in [0.05, 0.1) is 6.61 Å². The van der Waals surface area contributed by atoms with Gasteiger partial charge in [-0.05, 0) is 6.42 Å². The Labute approximate surface area is 111 Å². The van der Waals surface area contributed by atoms with Crippen LogP contribution in [0.3, 0.4) is 0 Å². The number of nitrogens with two attached hydrogens (primary N) is 1. The van der Waals surface area contributed by atoms with Gasteiger partial charge in [0.15, 0.2) is 0 Å². The lowest BCUT2D eigenvalue weighted by Gasteiger charge is -2.28. The van der Waals surface area contributed by atoms with Crippen LogP contribution >= 0.6 is 0 Å². The van der Waals surface area contributed by atoms with Gasteiger partial charge < -0.3 is 15.2 Å². The number of hydrogen-bond donors (Lipinski definition) is 2. The first-order chi connectivity index (χ1) is 8.82. The van der Waals surface area contributed by atoms with Crippen LogP contribution in [0.25, 0.3) is 0 Å². The number of nitrogens with zero attached hydrogens (tertiary/aromatic N) is 1. The Kier molecular flexibility index (Phi) is 8.70. The van der Waals surface area contributed by atoms with E-state index >= 15 is 0 Å². The van der Waals surface area contributed by atoms with E-state index in [0.29, 0.717) is 32.7 Å². The molecule has 0 heterocycles. The van der Waals surface area contributed by atoms with E-state index in [1.165, 1.54) is 14.2 Å². The minimum Gasteiger partial charge on any atom is -0.387 e. The molecule has 8 heteroatoms. The Balaban J connectivity index is 4.51. The van der Waals surface area contributed by atoms with Gasteiger partial charge in [-0.1, -0.05) is 0 Å². The summed E-state index contributed by atoms with van der Waals surface area (Å²) in [7, 11) is 3.02. The lowest BCUT2D eigenvalue weighted by atomic mass is 10.1. The summed E-state index contributed by atoms with van der Waals surface area (Å²) in [6.45, 7) is 1.28. The fourth-order valence-electron chi connectivity index (χ4n) is 1.58. The van der Waals surface area contributed by atoms with E-state index in [9.17, 15) is 13.2 Å². The summed E-state index contributed by atoms with van der Waals surface area (Å²) < 4.78 is 48.0. The number of ether oxygens (including phenoxy) is 2. The standard InChI is InChI=1S/C11H22F3N3O2/c1-18-6-3-4-17(5-7-19-2)8-9(10(15)16)11(12,13)14/h9H,3-8H2,1-2H3,(H3,15,16). The summed E-state index contributed by atoms with van der Waals surface area (Å²) in [6.07, 6.45) is -3.89. The van der Waals surface area contributed by atoms with Crippen LogP contribution in [-0.2, 0) is 9.47 Å². The zero-order chi connectivity index (χ0) is 14.9. The molecule has 1 unspecified atom stereocenters. The van der Waals surface area contributed by atoms with Gasteiger partial charge in [0.2, 0.25) is 0 Å². The maximum atomic E-state index is 12.7. The number of alkyl halides is 3. The Morgan fingerprint density at radius 2 is 1.79 bits per heavy atom. The highest BCUT2D eigenvalue weighted by Gasteiger charge is 2.42. The van der Waals surface area contributed by atoms with Crippen molar-refractivity contribution in [1.29, 1.82) is 5.41 Å². The van der Waals surface area contributed by atoms with Crippen molar-refractivity contribution in [2.24, 2.45) is 11.7 Å². The molecule has 0 aliphatic carbocycles. The molecule has 0 fully saturated rings. The van der Waals surface area contributed by atoms with Crippen LogP contribution in [0, 0.1) is 11.3 Å². The molecule has 0 radical (unpaired) electrons. The highest BCUT2D eigenvalue weighted by Crippen LogP contribution is 2.26. The van der Waals surface area contributed by atoms with Crippen LogP contribution in [0.5, 0.6) is 0 Å². The number of hydrogen-bond acceptors (Lipinski definition) is 4. The molecule has 0 aliphatic heterocycles. The smallest absolute Gasteiger partial charge is 0.387 e. The Hall–Kier alpha value is -0.860. The third-order valence-electron chi connectivity index (χ3n) is 2.65. The topological polar surface area (TPSA) is 71.6 Å². The second-order valence-electron chi connectivity index (χ2n) is 4.19.